The van der Waals surface area contributed by atoms with E-state index in [0.29, 0.717) is 30.4 Å². The Bertz CT molecular complexity index is 1140. The van der Waals surface area contributed by atoms with E-state index in [4.69, 9.17) is 14.2 Å². The molecular weight excluding hydrogens is 448 g/mol. The van der Waals surface area contributed by atoms with Crippen molar-refractivity contribution >= 4 is 17.7 Å². The van der Waals surface area contributed by atoms with Crippen LogP contribution in [0.25, 0.3) is 0 Å². The molecule has 2 heterocycles. The fourth-order valence-corrected chi connectivity index (χ4v) is 8.36. The van der Waals surface area contributed by atoms with Crippen molar-refractivity contribution in [3.05, 3.63) is 47.5 Å². The Morgan fingerprint density at radius 3 is 2.57 bits per heavy atom. The van der Waals surface area contributed by atoms with Crippen molar-refractivity contribution in [1.82, 2.24) is 0 Å². The molecule has 8 atom stereocenters. The number of Topliss-reactive ketones (excluding diaryl/α,β-unsaturated/α-hetero) is 1. The zero-order valence-electron chi connectivity index (χ0n) is 20.4. The predicted molar refractivity (Wildman–Crippen MR) is 124 cm³/mol. The molecule has 7 heteroatoms. The van der Waals surface area contributed by atoms with Gasteiger partial charge in [0.25, 0.3) is 0 Å². The van der Waals surface area contributed by atoms with E-state index in [9.17, 15) is 19.5 Å². The van der Waals surface area contributed by atoms with Crippen molar-refractivity contribution < 1.29 is 33.7 Å². The summed E-state index contributed by atoms with van der Waals surface area (Å²) < 4.78 is 18.0. The number of fused-ring (bicyclic) bond motifs is 1. The third-order valence-corrected chi connectivity index (χ3v) is 9.86. The number of rotatable bonds is 2. The fourth-order valence-electron chi connectivity index (χ4n) is 8.36. The average molecular weight is 481 g/mol. The SMILES string of the molecule is C=C1C(=O)[C@@]23C(=O)O[C@H]4CCC(C)(C)[C@H]5[C@H](O)OC[C@@]45[C@@H]2CC[C@@H]1[C@H]3OC(=O)c1ccc(C)cc1. The number of carbonyl (C=O) groups excluding carboxylic acids is 3. The number of aryl methyl sites for hydroxylation is 1. The smallest absolute Gasteiger partial charge is 0.338 e. The molecule has 0 radical (unpaired) electrons. The van der Waals surface area contributed by atoms with Gasteiger partial charge in [0.1, 0.15) is 12.2 Å². The third-order valence-electron chi connectivity index (χ3n) is 9.86. The largest absolute Gasteiger partial charge is 0.461 e. The van der Waals surface area contributed by atoms with Gasteiger partial charge in [0, 0.05) is 17.3 Å². The zero-order chi connectivity index (χ0) is 24.9. The minimum absolute atomic E-state index is 0.204. The van der Waals surface area contributed by atoms with E-state index in [2.05, 4.69) is 20.4 Å². The van der Waals surface area contributed by atoms with Crippen LogP contribution in [0.3, 0.4) is 0 Å². The first-order valence-corrected chi connectivity index (χ1v) is 12.6. The summed E-state index contributed by atoms with van der Waals surface area (Å²) in [7, 11) is 0. The standard InChI is InChI=1S/C28H32O7/c1-14-5-7-16(8-6-14)23(30)35-22-17-9-10-18-27-13-33-24(31)20(27)26(3,4)12-11-19(27)34-25(32)28(18,22)21(29)15(17)2/h5-8,17-20,22,24,31H,2,9-13H2,1,3-4H3/t17-,18-,19-,20+,22+,24+,27+,28-/m0/s1. The van der Waals surface area contributed by atoms with Crippen molar-refractivity contribution in [3.63, 3.8) is 0 Å². The first kappa shape index (κ1) is 22.9. The van der Waals surface area contributed by atoms with Gasteiger partial charge in [-0.05, 0) is 61.6 Å². The number of hydrogen-bond donors (Lipinski definition) is 1. The second-order valence-corrected chi connectivity index (χ2v) is 11.9. The second kappa shape index (κ2) is 7.26. The van der Waals surface area contributed by atoms with Gasteiger partial charge in [0.15, 0.2) is 17.5 Å². The van der Waals surface area contributed by atoms with Crippen molar-refractivity contribution in [1.29, 1.82) is 0 Å². The van der Waals surface area contributed by atoms with E-state index in [1.54, 1.807) is 12.1 Å². The number of carbonyl (C=O) groups is 3. The summed E-state index contributed by atoms with van der Waals surface area (Å²) in [6.07, 6.45) is 0.133. The molecule has 2 saturated heterocycles. The Hall–Kier alpha value is -2.51. The topological polar surface area (TPSA) is 99.1 Å². The molecule has 5 aliphatic rings. The number of hydrogen-bond acceptors (Lipinski definition) is 7. The molecule has 0 amide bonds. The molecule has 0 aromatic heterocycles. The average Bonchev–Trinajstić information content (AvgIpc) is 3.23. The molecule has 2 spiro atoms. The molecule has 3 saturated carbocycles. The molecule has 35 heavy (non-hydrogen) atoms. The molecule has 7 nitrogen and oxygen atoms in total. The van der Waals surface area contributed by atoms with Crippen LogP contribution in [-0.2, 0) is 23.8 Å². The molecule has 2 aliphatic heterocycles. The first-order chi connectivity index (χ1) is 16.5. The van der Waals surface area contributed by atoms with E-state index in [0.717, 1.165) is 12.0 Å². The third kappa shape index (κ3) is 2.71. The second-order valence-electron chi connectivity index (χ2n) is 11.9. The van der Waals surface area contributed by atoms with Crippen LogP contribution in [0.15, 0.2) is 36.4 Å². The number of esters is 2. The Labute approximate surface area is 204 Å². The van der Waals surface area contributed by atoms with E-state index in [-0.39, 0.29) is 23.7 Å². The van der Waals surface area contributed by atoms with Crippen LogP contribution in [0, 0.1) is 40.9 Å². The molecule has 5 fully saturated rings. The van der Waals surface area contributed by atoms with Gasteiger partial charge in [-0.1, -0.05) is 38.1 Å². The Kier molecular flexibility index (Phi) is 4.76. The summed E-state index contributed by atoms with van der Waals surface area (Å²) in [4.78, 5) is 41.0. The lowest BCUT2D eigenvalue weighted by Crippen LogP contribution is -2.71. The highest BCUT2D eigenvalue weighted by Crippen LogP contribution is 2.71. The number of aliphatic hydroxyl groups excluding tert-OH is 1. The molecule has 6 rings (SSSR count). The van der Waals surface area contributed by atoms with Crippen LogP contribution in [0.1, 0.15) is 55.5 Å². The highest BCUT2D eigenvalue weighted by Gasteiger charge is 2.81. The lowest BCUT2D eigenvalue weighted by atomic mass is 9.43. The summed E-state index contributed by atoms with van der Waals surface area (Å²) in [6.45, 7) is 10.4. The summed E-state index contributed by atoms with van der Waals surface area (Å²) in [5.74, 6) is -2.78. The normalized spacial score (nSPS) is 43.1. The summed E-state index contributed by atoms with van der Waals surface area (Å²) in [5.41, 5.74) is -0.963. The lowest BCUT2D eigenvalue weighted by molar-refractivity contribution is -0.249. The van der Waals surface area contributed by atoms with Crippen molar-refractivity contribution in [2.75, 3.05) is 6.61 Å². The van der Waals surface area contributed by atoms with Gasteiger partial charge < -0.3 is 19.3 Å². The maximum Gasteiger partial charge on any atom is 0.338 e. The first-order valence-electron chi connectivity index (χ1n) is 12.6. The van der Waals surface area contributed by atoms with Gasteiger partial charge in [-0.15, -0.1) is 0 Å². The van der Waals surface area contributed by atoms with E-state index in [1.807, 2.05) is 19.1 Å². The van der Waals surface area contributed by atoms with Crippen LogP contribution < -0.4 is 0 Å². The highest BCUT2D eigenvalue weighted by molar-refractivity contribution is 6.16. The number of ether oxygens (including phenoxy) is 3. The van der Waals surface area contributed by atoms with Gasteiger partial charge in [0.05, 0.1) is 12.2 Å². The van der Waals surface area contributed by atoms with Crippen LogP contribution >= 0.6 is 0 Å². The van der Waals surface area contributed by atoms with Crippen LogP contribution in [-0.4, -0.2) is 47.9 Å². The molecule has 2 bridgehead atoms. The number of aliphatic hydroxyl groups is 1. The molecule has 1 N–H and O–H groups in total. The van der Waals surface area contributed by atoms with Crippen LogP contribution in [0.4, 0.5) is 0 Å². The maximum absolute atomic E-state index is 13.9. The summed E-state index contributed by atoms with van der Waals surface area (Å²) >= 11 is 0. The van der Waals surface area contributed by atoms with Gasteiger partial charge in [-0.25, -0.2) is 4.79 Å². The predicted octanol–water partition coefficient (Wildman–Crippen LogP) is 3.37. The quantitative estimate of drug-likeness (QED) is 0.394. The lowest BCUT2D eigenvalue weighted by Gasteiger charge is -2.62. The summed E-state index contributed by atoms with van der Waals surface area (Å²) in [6, 6.07) is 7.01. The van der Waals surface area contributed by atoms with Gasteiger partial charge in [0.2, 0.25) is 0 Å². The van der Waals surface area contributed by atoms with Crippen LogP contribution in [0.2, 0.25) is 0 Å². The van der Waals surface area contributed by atoms with Crippen LogP contribution in [0.5, 0.6) is 0 Å². The van der Waals surface area contributed by atoms with Gasteiger partial charge in [-0.2, -0.15) is 0 Å². The van der Waals surface area contributed by atoms with E-state index in [1.165, 1.54) is 0 Å². The number of ketones is 1. The zero-order valence-corrected chi connectivity index (χ0v) is 20.4. The Morgan fingerprint density at radius 2 is 1.86 bits per heavy atom. The fraction of sp³-hybridized carbons (Fsp3) is 0.607. The van der Waals surface area contributed by atoms with E-state index >= 15 is 0 Å². The van der Waals surface area contributed by atoms with Gasteiger partial charge in [-0.3, -0.25) is 9.59 Å². The molecule has 0 unspecified atom stereocenters. The molecule has 186 valence electrons. The van der Waals surface area contributed by atoms with Crippen molar-refractivity contribution in [2.45, 2.75) is 65.0 Å². The van der Waals surface area contributed by atoms with E-state index < -0.39 is 53.1 Å². The van der Waals surface area contributed by atoms with Gasteiger partial charge >= 0.3 is 11.9 Å². The molecular formula is C28H32O7. The molecule has 3 aliphatic carbocycles. The van der Waals surface area contributed by atoms with Crippen molar-refractivity contribution in [3.8, 4) is 0 Å². The van der Waals surface area contributed by atoms with Crippen molar-refractivity contribution in [2.24, 2.45) is 34.0 Å². The highest BCUT2D eigenvalue weighted by atomic mass is 16.6. The maximum atomic E-state index is 13.9. The molecule has 1 aromatic carbocycles. The minimum atomic E-state index is -1.66. The Morgan fingerprint density at radius 1 is 1.14 bits per heavy atom. The Balaban J connectivity index is 1.48. The molecule has 1 aromatic rings. The monoisotopic (exact) mass is 480 g/mol. The minimum Gasteiger partial charge on any atom is -0.461 e. The number of benzene rings is 1. The summed E-state index contributed by atoms with van der Waals surface area (Å²) in [5, 5.41) is 11.0.